The molecule has 2 heteroatoms. The molecule has 1 heterocycles. The van der Waals surface area contributed by atoms with E-state index in [1.807, 2.05) is 18.2 Å². The van der Waals surface area contributed by atoms with Crippen LogP contribution >= 0.6 is 0 Å². The molecule has 0 saturated heterocycles. The van der Waals surface area contributed by atoms with Crippen molar-refractivity contribution in [2.45, 2.75) is 25.9 Å². The molecule has 0 spiro atoms. The lowest BCUT2D eigenvalue weighted by Crippen LogP contribution is -2.05. The predicted molar refractivity (Wildman–Crippen MR) is 73.6 cm³/mol. The van der Waals surface area contributed by atoms with Crippen LogP contribution in [0.3, 0.4) is 0 Å². The molecule has 0 radical (unpaired) electrons. The van der Waals surface area contributed by atoms with Crippen molar-refractivity contribution in [3.05, 3.63) is 65.5 Å². The van der Waals surface area contributed by atoms with E-state index in [9.17, 15) is 0 Å². The zero-order valence-electron chi connectivity index (χ0n) is 11.1. The molecule has 2 aromatic rings. The smallest absolute Gasteiger partial charge is 0.124 e. The van der Waals surface area contributed by atoms with Gasteiger partial charge in [-0.1, -0.05) is 44.2 Å². The molecule has 0 fully saturated rings. The van der Waals surface area contributed by atoms with Crippen LogP contribution in [-0.4, -0.2) is 12.1 Å². The van der Waals surface area contributed by atoms with E-state index in [-0.39, 0.29) is 6.10 Å². The number of pyridine rings is 1. The molecule has 94 valence electrons. The summed E-state index contributed by atoms with van der Waals surface area (Å²) in [5.74, 6) is 0.551. The van der Waals surface area contributed by atoms with Gasteiger partial charge in [0.1, 0.15) is 6.10 Å². The molecule has 0 N–H and O–H groups in total. The Morgan fingerprint density at radius 2 is 1.61 bits per heavy atom. The Kier molecular flexibility index (Phi) is 4.11. The van der Waals surface area contributed by atoms with Crippen LogP contribution in [0.2, 0.25) is 0 Å². The lowest BCUT2D eigenvalue weighted by atomic mass is 9.99. The van der Waals surface area contributed by atoms with Gasteiger partial charge in [0.15, 0.2) is 0 Å². The highest BCUT2D eigenvalue weighted by Gasteiger charge is 2.14. The van der Waals surface area contributed by atoms with Crippen molar-refractivity contribution < 1.29 is 4.74 Å². The molecule has 1 unspecified atom stereocenters. The summed E-state index contributed by atoms with van der Waals surface area (Å²) in [6.07, 6.45) is 1.71. The molecule has 1 aromatic carbocycles. The molecular weight excluding hydrogens is 222 g/mol. The third-order valence-corrected chi connectivity index (χ3v) is 3.10. The zero-order chi connectivity index (χ0) is 13.0. The average molecular weight is 241 g/mol. The summed E-state index contributed by atoms with van der Waals surface area (Å²) in [6, 6.07) is 14.5. The highest BCUT2D eigenvalue weighted by molar-refractivity contribution is 5.30. The van der Waals surface area contributed by atoms with Gasteiger partial charge >= 0.3 is 0 Å². The highest BCUT2D eigenvalue weighted by Crippen LogP contribution is 2.25. The molecule has 0 aliphatic heterocycles. The maximum absolute atomic E-state index is 5.56. The summed E-state index contributed by atoms with van der Waals surface area (Å²) < 4.78 is 5.56. The summed E-state index contributed by atoms with van der Waals surface area (Å²) in [5, 5.41) is 0. The molecule has 0 bridgehead atoms. The standard InChI is InChI=1S/C16H19NO/c1-12(2)13-7-9-14(10-8-13)16(18-3)15-6-4-5-11-17-15/h4-12,16H,1-3H3. The third kappa shape index (κ3) is 2.77. The van der Waals surface area contributed by atoms with Crippen LogP contribution in [0.5, 0.6) is 0 Å². The minimum Gasteiger partial charge on any atom is -0.370 e. The third-order valence-electron chi connectivity index (χ3n) is 3.10. The molecule has 0 aliphatic carbocycles. The summed E-state index contributed by atoms with van der Waals surface area (Å²) in [4.78, 5) is 4.36. The van der Waals surface area contributed by atoms with Crippen LogP contribution in [0.25, 0.3) is 0 Å². The van der Waals surface area contributed by atoms with Gasteiger partial charge in [0.05, 0.1) is 5.69 Å². The quantitative estimate of drug-likeness (QED) is 0.808. The van der Waals surface area contributed by atoms with Crippen LogP contribution in [0.1, 0.15) is 42.7 Å². The van der Waals surface area contributed by atoms with Crippen molar-refractivity contribution in [2.24, 2.45) is 0 Å². The van der Waals surface area contributed by atoms with Gasteiger partial charge in [0.2, 0.25) is 0 Å². The minimum absolute atomic E-state index is 0.0904. The normalized spacial score (nSPS) is 12.7. The van der Waals surface area contributed by atoms with Gasteiger partial charge in [-0.15, -0.1) is 0 Å². The second-order valence-electron chi connectivity index (χ2n) is 4.69. The fraction of sp³-hybridized carbons (Fsp3) is 0.312. The van der Waals surface area contributed by atoms with Crippen LogP contribution < -0.4 is 0 Å². The zero-order valence-corrected chi connectivity index (χ0v) is 11.1. The second kappa shape index (κ2) is 5.78. The Bertz CT molecular complexity index is 476. The van der Waals surface area contributed by atoms with Gasteiger partial charge < -0.3 is 4.74 Å². The number of ether oxygens (including phenoxy) is 1. The van der Waals surface area contributed by atoms with Crippen molar-refractivity contribution >= 4 is 0 Å². The Balaban J connectivity index is 2.28. The number of hydrogen-bond acceptors (Lipinski definition) is 2. The summed E-state index contributed by atoms with van der Waals surface area (Å²) in [7, 11) is 1.72. The summed E-state index contributed by atoms with van der Waals surface area (Å²) in [5.41, 5.74) is 3.42. The van der Waals surface area contributed by atoms with E-state index in [0.717, 1.165) is 11.3 Å². The Morgan fingerprint density at radius 3 is 2.11 bits per heavy atom. The van der Waals surface area contributed by atoms with Crippen molar-refractivity contribution in [1.29, 1.82) is 0 Å². The maximum Gasteiger partial charge on any atom is 0.124 e. The first-order valence-corrected chi connectivity index (χ1v) is 6.26. The Morgan fingerprint density at radius 1 is 0.944 bits per heavy atom. The lowest BCUT2D eigenvalue weighted by Gasteiger charge is -2.16. The number of nitrogens with zero attached hydrogens (tertiary/aromatic N) is 1. The van der Waals surface area contributed by atoms with Gasteiger partial charge in [-0.05, 0) is 29.2 Å². The van der Waals surface area contributed by atoms with Crippen LogP contribution in [0.4, 0.5) is 0 Å². The van der Waals surface area contributed by atoms with E-state index in [4.69, 9.17) is 4.74 Å². The van der Waals surface area contributed by atoms with Crippen LogP contribution in [0.15, 0.2) is 48.7 Å². The van der Waals surface area contributed by atoms with Crippen molar-refractivity contribution in [2.75, 3.05) is 7.11 Å². The lowest BCUT2D eigenvalue weighted by molar-refractivity contribution is 0.133. The van der Waals surface area contributed by atoms with Gasteiger partial charge in [0, 0.05) is 13.3 Å². The number of benzene rings is 1. The predicted octanol–water partition coefficient (Wildman–Crippen LogP) is 3.94. The fourth-order valence-corrected chi connectivity index (χ4v) is 2.01. The van der Waals surface area contributed by atoms with E-state index in [0.29, 0.717) is 5.92 Å². The van der Waals surface area contributed by atoms with E-state index in [1.165, 1.54) is 5.56 Å². The fourth-order valence-electron chi connectivity index (χ4n) is 2.01. The maximum atomic E-state index is 5.56. The van der Waals surface area contributed by atoms with E-state index in [1.54, 1.807) is 13.3 Å². The van der Waals surface area contributed by atoms with E-state index in [2.05, 4.69) is 43.1 Å². The largest absolute Gasteiger partial charge is 0.370 e. The van der Waals surface area contributed by atoms with Crippen molar-refractivity contribution in [1.82, 2.24) is 4.98 Å². The van der Waals surface area contributed by atoms with Gasteiger partial charge in [-0.3, -0.25) is 4.98 Å². The number of aromatic nitrogens is 1. The van der Waals surface area contributed by atoms with Crippen molar-refractivity contribution in [3.8, 4) is 0 Å². The molecule has 18 heavy (non-hydrogen) atoms. The average Bonchev–Trinajstić information content (AvgIpc) is 2.41. The number of hydrogen-bond donors (Lipinski definition) is 0. The molecule has 2 nitrogen and oxygen atoms in total. The first kappa shape index (κ1) is 12.8. The second-order valence-corrected chi connectivity index (χ2v) is 4.69. The molecule has 1 aromatic heterocycles. The van der Waals surface area contributed by atoms with E-state index < -0.39 is 0 Å². The van der Waals surface area contributed by atoms with Gasteiger partial charge in [0.25, 0.3) is 0 Å². The van der Waals surface area contributed by atoms with E-state index >= 15 is 0 Å². The SMILES string of the molecule is COC(c1ccc(C(C)C)cc1)c1ccccn1. The number of methoxy groups -OCH3 is 1. The topological polar surface area (TPSA) is 22.1 Å². The molecule has 2 rings (SSSR count). The molecule has 1 atom stereocenters. The van der Waals surface area contributed by atoms with Crippen molar-refractivity contribution in [3.63, 3.8) is 0 Å². The minimum atomic E-state index is -0.0904. The first-order chi connectivity index (χ1) is 8.72. The van der Waals surface area contributed by atoms with Crippen LogP contribution in [-0.2, 0) is 4.74 Å². The molecular formula is C16H19NO. The van der Waals surface area contributed by atoms with Gasteiger partial charge in [-0.25, -0.2) is 0 Å². The molecule has 0 amide bonds. The Hall–Kier alpha value is -1.67. The Labute approximate surface area is 109 Å². The summed E-state index contributed by atoms with van der Waals surface area (Å²) >= 11 is 0. The van der Waals surface area contributed by atoms with Gasteiger partial charge in [-0.2, -0.15) is 0 Å². The molecule has 0 saturated carbocycles. The first-order valence-electron chi connectivity index (χ1n) is 6.26. The molecule has 0 aliphatic rings. The summed E-state index contributed by atoms with van der Waals surface area (Å²) in [6.45, 7) is 4.39. The van der Waals surface area contributed by atoms with Crippen LogP contribution in [0, 0.1) is 0 Å². The number of rotatable bonds is 4. The highest BCUT2D eigenvalue weighted by atomic mass is 16.5. The monoisotopic (exact) mass is 241 g/mol.